The normalized spacial score (nSPS) is 22.5. The number of hydrogen-bond donors (Lipinski definition) is 1. The first-order valence-corrected chi connectivity index (χ1v) is 10.0. The highest BCUT2D eigenvalue weighted by Crippen LogP contribution is 2.27. The molecule has 2 aliphatic rings. The summed E-state index contributed by atoms with van der Waals surface area (Å²) in [5, 5.41) is 7.81. The lowest BCUT2D eigenvalue weighted by molar-refractivity contribution is 0.467. The zero-order valence-electron chi connectivity index (χ0n) is 14.8. The van der Waals surface area contributed by atoms with Gasteiger partial charge in [0.25, 0.3) is 0 Å². The highest BCUT2D eigenvalue weighted by molar-refractivity contribution is 14.0. The summed E-state index contributed by atoms with van der Waals surface area (Å²) in [6.07, 6.45) is 8.00. The van der Waals surface area contributed by atoms with E-state index in [4.69, 9.17) is 4.99 Å². The van der Waals surface area contributed by atoms with Crippen LogP contribution in [0.15, 0.2) is 17.4 Å². The fourth-order valence-corrected chi connectivity index (χ4v) is 4.65. The summed E-state index contributed by atoms with van der Waals surface area (Å²) < 4.78 is 1.90. The summed E-state index contributed by atoms with van der Waals surface area (Å²) in [6, 6.07) is 0. The van der Waals surface area contributed by atoms with E-state index in [-0.39, 0.29) is 24.0 Å². The van der Waals surface area contributed by atoms with E-state index in [0.29, 0.717) is 5.92 Å². The van der Waals surface area contributed by atoms with E-state index in [9.17, 15) is 0 Å². The van der Waals surface area contributed by atoms with Crippen LogP contribution in [0.4, 0.5) is 0 Å². The van der Waals surface area contributed by atoms with Crippen molar-refractivity contribution in [3.8, 4) is 0 Å². The van der Waals surface area contributed by atoms with Crippen LogP contribution in [0.25, 0.3) is 0 Å². The molecule has 3 heterocycles. The lowest BCUT2D eigenvalue weighted by atomic mass is 10.0. The summed E-state index contributed by atoms with van der Waals surface area (Å²) in [4.78, 5) is 7.38. The third-order valence-electron chi connectivity index (χ3n) is 4.86. The lowest BCUT2D eigenvalue weighted by Crippen LogP contribution is -2.40. The SMILES string of the molecule is CCNC(=NCC1CCSCC1)N1CCC(c2cnn(C)c2)C1.I. The maximum Gasteiger partial charge on any atom is 0.193 e. The van der Waals surface area contributed by atoms with Crippen LogP contribution in [-0.4, -0.2) is 58.3 Å². The van der Waals surface area contributed by atoms with Crippen molar-refractivity contribution in [2.24, 2.45) is 18.0 Å². The molecule has 1 unspecified atom stereocenters. The first-order valence-electron chi connectivity index (χ1n) is 8.85. The monoisotopic (exact) mass is 463 g/mol. The van der Waals surface area contributed by atoms with Crippen molar-refractivity contribution in [2.45, 2.75) is 32.1 Å². The van der Waals surface area contributed by atoms with Gasteiger partial charge in [-0.3, -0.25) is 9.67 Å². The van der Waals surface area contributed by atoms with Gasteiger partial charge in [-0.15, -0.1) is 24.0 Å². The predicted molar refractivity (Wildman–Crippen MR) is 114 cm³/mol. The number of aryl methyl sites for hydroxylation is 1. The largest absolute Gasteiger partial charge is 0.357 e. The number of halogens is 1. The van der Waals surface area contributed by atoms with Gasteiger partial charge in [-0.1, -0.05) is 0 Å². The van der Waals surface area contributed by atoms with Crippen LogP contribution in [0.1, 0.15) is 37.7 Å². The van der Waals surface area contributed by atoms with E-state index in [0.717, 1.165) is 38.1 Å². The Morgan fingerprint density at radius 3 is 2.83 bits per heavy atom. The van der Waals surface area contributed by atoms with E-state index in [2.05, 4.69) is 40.2 Å². The first-order chi connectivity index (χ1) is 11.3. The molecule has 0 aromatic carbocycles. The summed E-state index contributed by atoms with van der Waals surface area (Å²) >= 11 is 2.09. The van der Waals surface area contributed by atoms with Gasteiger partial charge in [0.05, 0.1) is 6.20 Å². The van der Waals surface area contributed by atoms with Crippen molar-refractivity contribution in [2.75, 3.05) is 37.7 Å². The third-order valence-corrected chi connectivity index (χ3v) is 5.91. The summed E-state index contributed by atoms with van der Waals surface area (Å²) in [5.41, 5.74) is 1.36. The highest BCUT2D eigenvalue weighted by Gasteiger charge is 2.27. The fraction of sp³-hybridized carbons (Fsp3) is 0.765. The van der Waals surface area contributed by atoms with Crippen molar-refractivity contribution in [3.05, 3.63) is 18.0 Å². The van der Waals surface area contributed by atoms with Gasteiger partial charge >= 0.3 is 0 Å². The van der Waals surface area contributed by atoms with Crippen molar-refractivity contribution in [3.63, 3.8) is 0 Å². The molecule has 0 amide bonds. The Hall–Kier alpha value is -0.440. The molecule has 2 fully saturated rings. The Kier molecular flexibility index (Phi) is 8.19. The van der Waals surface area contributed by atoms with Gasteiger partial charge in [0, 0.05) is 45.3 Å². The summed E-state index contributed by atoms with van der Waals surface area (Å²) in [7, 11) is 1.99. The lowest BCUT2D eigenvalue weighted by Gasteiger charge is -2.24. The molecule has 3 rings (SSSR count). The minimum atomic E-state index is 0. The smallest absolute Gasteiger partial charge is 0.193 e. The van der Waals surface area contributed by atoms with E-state index in [1.165, 1.54) is 36.3 Å². The number of aromatic nitrogens is 2. The molecule has 2 saturated heterocycles. The Labute approximate surface area is 167 Å². The average Bonchev–Trinajstić information content (AvgIpc) is 3.21. The molecule has 0 spiro atoms. The van der Waals surface area contributed by atoms with Gasteiger partial charge < -0.3 is 10.2 Å². The molecule has 1 aromatic heterocycles. The van der Waals surface area contributed by atoms with Crippen LogP contribution in [-0.2, 0) is 7.05 Å². The number of thioether (sulfide) groups is 1. The maximum atomic E-state index is 4.95. The number of nitrogens with zero attached hydrogens (tertiary/aromatic N) is 4. The number of aliphatic imine (C=N–C) groups is 1. The Bertz CT molecular complexity index is 527. The second-order valence-corrected chi connectivity index (χ2v) is 7.85. The number of guanidine groups is 1. The van der Waals surface area contributed by atoms with Crippen LogP contribution in [0.5, 0.6) is 0 Å². The van der Waals surface area contributed by atoms with E-state index in [1.807, 2.05) is 17.9 Å². The minimum absolute atomic E-state index is 0. The molecule has 1 aromatic rings. The molecule has 0 aliphatic carbocycles. The van der Waals surface area contributed by atoms with Gasteiger partial charge in [0.15, 0.2) is 5.96 Å². The molecule has 1 atom stereocenters. The first kappa shape index (κ1) is 19.9. The van der Waals surface area contributed by atoms with E-state index in [1.54, 1.807) is 0 Å². The Morgan fingerprint density at radius 1 is 1.38 bits per heavy atom. The summed E-state index contributed by atoms with van der Waals surface area (Å²) in [5.74, 6) is 5.09. The van der Waals surface area contributed by atoms with Crippen LogP contribution in [0.3, 0.4) is 0 Å². The Balaban J connectivity index is 0.00000208. The second kappa shape index (κ2) is 9.89. The van der Waals surface area contributed by atoms with Gasteiger partial charge in [-0.2, -0.15) is 16.9 Å². The van der Waals surface area contributed by atoms with Gasteiger partial charge in [0.1, 0.15) is 0 Å². The van der Waals surface area contributed by atoms with Gasteiger partial charge in [-0.25, -0.2) is 0 Å². The number of rotatable bonds is 4. The van der Waals surface area contributed by atoms with Crippen molar-refractivity contribution < 1.29 is 0 Å². The molecule has 5 nitrogen and oxygen atoms in total. The van der Waals surface area contributed by atoms with Crippen LogP contribution >= 0.6 is 35.7 Å². The molecule has 1 N–H and O–H groups in total. The molecule has 7 heteroatoms. The topological polar surface area (TPSA) is 45.5 Å². The number of likely N-dealkylation sites (tertiary alicyclic amines) is 1. The van der Waals surface area contributed by atoms with E-state index < -0.39 is 0 Å². The predicted octanol–water partition coefficient (Wildman–Crippen LogP) is 2.94. The number of nitrogens with one attached hydrogen (secondary N) is 1. The molecule has 24 heavy (non-hydrogen) atoms. The molecular weight excluding hydrogens is 433 g/mol. The molecule has 136 valence electrons. The zero-order valence-corrected chi connectivity index (χ0v) is 17.9. The van der Waals surface area contributed by atoms with Crippen LogP contribution in [0, 0.1) is 5.92 Å². The van der Waals surface area contributed by atoms with Gasteiger partial charge in [0.2, 0.25) is 0 Å². The highest BCUT2D eigenvalue weighted by atomic mass is 127. The number of hydrogen-bond acceptors (Lipinski definition) is 3. The van der Waals surface area contributed by atoms with E-state index >= 15 is 0 Å². The molecule has 0 saturated carbocycles. The van der Waals surface area contributed by atoms with Gasteiger partial charge in [-0.05, 0) is 49.2 Å². The quantitative estimate of drug-likeness (QED) is 0.424. The minimum Gasteiger partial charge on any atom is -0.357 e. The fourth-order valence-electron chi connectivity index (χ4n) is 3.45. The zero-order chi connectivity index (χ0) is 16.1. The van der Waals surface area contributed by atoms with Crippen molar-refractivity contribution >= 4 is 41.7 Å². The van der Waals surface area contributed by atoms with Crippen LogP contribution in [0.2, 0.25) is 0 Å². The van der Waals surface area contributed by atoms with Crippen LogP contribution < -0.4 is 5.32 Å². The standard InChI is InChI=1S/C17H29N5S.HI/c1-3-18-17(19-10-14-5-8-23-9-6-14)22-7-4-15(13-22)16-11-20-21(2)12-16;/h11-12,14-15H,3-10,13H2,1-2H3,(H,18,19);1H. The third kappa shape index (κ3) is 5.28. The molecule has 2 aliphatic heterocycles. The van der Waals surface area contributed by atoms with Crippen molar-refractivity contribution in [1.82, 2.24) is 20.0 Å². The maximum absolute atomic E-state index is 4.95. The molecular formula is C17H30IN5S. The van der Waals surface area contributed by atoms with Crippen molar-refractivity contribution in [1.29, 1.82) is 0 Å². The molecule has 0 bridgehead atoms. The summed E-state index contributed by atoms with van der Waals surface area (Å²) in [6.45, 7) is 6.22. The Morgan fingerprint density at radius 2 is 2.17 bits per heavy atom. The molecule has 0 radical (unpaired) electrons. The average molecular weight is 463 g/mol. The second-order valence-electron chi connectivity index (χ2n) is 6.63.